The Bertz CT molecular complexity index is 1720. The summed E-state index contributed by atoms with van der Waals surface area (Å²) in [5.74, 6) is -0.816. The zero-order chi connectivity index (χ0) is 32.8. The minimum Gasteiger partial charge on any atom is -0.350 e. The van der Waals surface area contributed by atoms with E-state index in [-0.39, 0.29) is 23.8 Å². The molecule has 4 aromatic rings. The predicted octanol–water partition coefficient (Wildman–Crippen LogP) is 6.82. The summed E-state index contributed by atoms with van der Waals surface area (Å²) in [5, 5.41) is 3.05. The van der Waals surface area contributed by atoms with Gasteiger partial charge in [0.05, 0.1) is 10.6 Å². The average molecular weight is 691 g/mol. The Hall–Kier alpha value is -3.95. The number of anilines is 1. The van der Waals surface area contributed by atoms with E-state index in [4.69, 9.17) is 0 Å². The number of carbonyl (C=O) groups excluding carboxylic acids is 2. The molecular formula is C36H40BrN3O4S. The van der Waals surface area contributed by atoms with Gasteiger partial charge in [-0.1, -0.05) is 93.8 Å². The van der Waals surface area contributed by atoms with Crippen LogP contribution in [0.2, 0.25) is 0 Å². The van der Waals surface area contributed by atoms with Crippen LogP contribution < -0.4 is 9.62 Å². The van der Waals surface area contributed by atoms with Crippen LogP contribution in [0.15, 0.2) is 112 Å². The minimum atomic E-state index is -4.16. The highest BCUT2D eigenvalue weighted by Gasteiger charge is 2.35. The zero-order valence-electron chi connectivity index (χ0n) is 26.3. The molecule has 0 saturated carbocycles. The van der Waals surface area contributed by atoms with E-state index in [1.807, 2.05) is 89.2 Å². The molecule has 9 heteroatoms. The summed E-state index contributed by atoms with van der Waals surface area (Å²) in [5.41, 5.74) is 3.42. The van der Waals surface area contributed by atoms with E-state index in [1.165, 1.54) is 4.90 Å². The molecule has 1 atom stereocenters. The number of sulfonamides is 1. The van der Waals surface area contributed by atoms with Crippen LogP contribution in [0.1, 0.15) is 43.0 Å². The molecule has 45 heavy (non-hydrogen) atoms. The Morgan fingerprint density at radius 2 is 1.42 bits per heavy atom. The van der Waals surface area contributed by atoms with Crippen molar-refractivity contribution in [3.05, 3.63) is 130 Å². The molecule has 2 amide bonds. The molecule has 236 valence electrons. The molecule has 7 nitrogen and oxygen atoms in total. The van der Waals surface area contributed by atoms with E-state index in [1.54, 1.807) is 48.5 Å². The summed E-state index contributed by atoms with van der Waals surface area (Å²) in [6.07, 6.45) is 0.253. The molecule has 0 heterocycles. The molecule has 4 aromatic carbocycles. The molecular weight excluding hydrogens is 650 g/mol. The van der Waals surface area contributed by atoms with Gasteiger partial charge in [0.2, 0.25) is 11.8 Å². The SMILES string of the molecule is Cc1ccc(S(=O)(=O)N(CC(=O)N(Cc2cccc(C)c2)[C@@H](Cc2ccccc2)C(=O)NC(C)(C)C)c2ccc(Br)cc2)cc1. The number of halogens is 1. The smallest absolute Gasteiger partial charge is 0.264 e. The summed E-state index contributed by atoms with van der Waals surface area (Å²) in [6, 6.07) is 29.7. The van der Waals surface area contributed by atoms with Crippen LogP contribution in [-0.2, 0) is 32.6 Å². The maximum absolute atomic E-state index is 14.5. The lowest BCUT2D eigenvalue weighted by atomic mass is 10.0. The normalized spacial score (nSPS) is 12.3. The van der Waals surface area contributed by atoms with Gasteiger partial charge < -0.3 is 10.2 Å². The van der Waals surface area contributed by atoms with Crippen molar-refractivity contribution in [1.29, 1.82) is 0 Å². The van der Waals surface area contributed by atoms with Gasteiger partial charge in [0, 0.05) is 23.0 Å². The third-order valence-electron chi connectivity index (χ3n) is 7.21. The highest BCUT2D eigenvalue weighted by molar-refractivity contribution is 9.10. The Labute approximate surface area is 275 Å². The number of amides is 2. The fourth-order valence-corrected chi connectivity index (χ4v) is 6.67. The van der Waals surface area contributed by atoms with Gasteiger partial charge in [-0.2, -0.15) is 0 Å². The van der Waals surface area contributed by atoms with E-state index in [0.29, 0.717) is 5.69 Å². The number of hydrogen-bond acceptors (Lipinski definition) is 4. The first kappa shape index (κ1) is 33.9. The first-order valence-corrected chi connectivity index (χ1v) is 17.0. The van der Waals surface area contributed by atoms with Crippen LogP contribution in [0, 0.1) is 13.8 Å². The van der Waals surface area contributed by atoms with E-state index in [9.17, 15) is 18.0 Å². The lowest BCUT2D eigenvalue weighted by Gasteiger charge is -2.35. The van der Waals surface area contributed by atoms with Crippen molar-refractivity contribution < 1.29 is 18.0 Å². The second-order valence-electron chi connectivity index (χ2n) is 12.3. The number of carbonyl (C=O) groups is 2. The Kier molecular flexibility index (Phi) is 10.9. The zero-order valence-corrected chi connectivity index (χ0v) is 28.7. The van der Waals surface area contributed by atoms with Crippen molar-refractivity contribution in [2.24, 2.45) is 0 Å². The van der Waals surface area contributed by atoms with Gasteiger partial charge in [0.1, 0.15) is 12.6 Å². The van der Waals surface area contributed by atoms with Crippen molar-refractivity contribution >= 4 is 43.5 Å². The Morgan fingerprint density at radius 3 is 2.02 bits per heavy atom. The second kappa shape index (κ2) is 14.4. The molecule has 0 saturated heterocycles. The second-order valence-corrected chi connectivity index (χ2v) is 15.0. The average Bonchev–Trinajstić information content (AvgIpc) is 2.98. The van der Waals surface area contributed by atoms with E-state index >= 15 is 0 Å². The molecule has 0 aliphatic carbocycles. The fourth-order valence-electron chi connectivity index (χ4n) is 4.99. The third-order valence-corrected chi connectivity index (χ3v) is 9.52. The molecule has 0 spiro atoms. The van der Waals surface area contributed by atoms with Crippen molar-refractivity contribution in [3.63, 3.8) is 0 Å². The lowest BCUT2D eigenvalue weighted by Crippen LogP contribution is -2.56. The number of nitrogens with zero attached hydrogens (tertiary/aromatic N) is 2. The molecule has 1 N–H and O–H groups in total. The van der Waals surface area contributed by atoms with Crippen molar-refractivity contribution in [2.75, 3.05) is 10.8 Å². The predicted molar refractivity (Wildman–Crippen MR) is 183 cm³/mol. The molecule has 0 bridgehead atoms. The molecule has 0 aromatic heterocycles. The van der Waals surface area contributed by atoms with Crippen LogP contribution in [0.3, 0.4) is 0 Å². The van der Waals surface area contributed by atoms with Crippen LogP contribution in [0.4, 0.5) is 5.69 Å². The molecule has 0 radical (unpaired) electrons. The Morgan fingerprint density at radius 1 is 0.800 bits per heavy atom. The maximum Gasteiger partial charge on any atom is 0.264 e. The topological polar surface area (TPSA) is 86.8 Å². The fraction of sp³-hybridized carbons (Fsp3) is 0.278. The first-order valence-electron chi connectivity index (χ1n) is 14.8. The summed E-state index contributed by atoms with van der Waals surface area (Å²) in [6.45, 7) is 9.13. The van der Waals surface area contributed by atoms with Crippen LogP contribution in [0.25, 0.3) is 0 Å². The highest BCUT2D eigenvalue weighted by Crippen LogP contribution is 2.27. The summed E-state index contributed by atoms with van der Waals surface area (Å²) in [4.78, 5) is 30.1. The van der Waals surface area contributed by atoms with E-state index < -0.39 is 34.1 Å². The lowest BCUT2D eigenvalue weighted by molar-refractivity contribution is -0.140. The van der Waals surface area contributed by atoms with Gasteiger partial charge in [-0.15, -0.1) is 0 Å². The van der Waals surface area contributed by atoms with Crippen LogP contribution in [0.5, 0.6) is 0 Å². The molecule has 0 fully saturated rings. The largest absolute Gasteiger partial charge is 0.350 e. The molecule has 0 aliphatic rings. The third kappa shape index (κ3) is 9.28. The van der Waals surface area contributed by atoms with Gasteiger partial charge in [-0.25, -0.2) is 8.42 Å². The first-order chi connectivity index (χ1) is 21.2. The van der Waals surface area contributed by atoms with Crippen molar-refractivity contribution in [1.82, 2.24) is 10.2 Å². The number of nitrogens with one attached hydrogen (secondary N) is 1. The summed E-state index contributed by atoms with van der Waals surface area (Å²) < 4.78 is 30.2. The van der Waals surface area contributed by atoms with Crippen LogP contribution in [-0.4, -0.2) is 43.3 Å². The quantitative estimate of drug-likeness (QED) is 0.187. The van der Waals surface area contributed by atoms with Gasteiger partial charge in [-0.05, 0) is 82.1 Å². The highest BCUT2D eigenvalue weighted by atomic mass is 79.9. The standard InChI is InChI=1S/C36H40BrN3O4S/c1-26-14-20-32(21-15-26)45(43,44)40(31-18-16-30(37)17-19-31)25-34(41)39(24-29-13-9-10-27(2)22-29)33(35(42)38-36(3,4)5)23-28-11-7-6-8-12-28/h6-22,33H,23-25H2,1-5H3,(H,38,42)/t33-/m0/s1. The summed E-state index contributed by atoms with van der Waals surface area (Å²) >= 11 is 3.42. The van der Waals surface area contributed by atoms with Crippen molar-refractivity contribution in [2.45, 2.75) is 64.1 Å². The molecule has 4 rings (SSSR count). The monoisotopic (exact) mass is 689 g/mol. The van der Waals surface area contributed by atoms with Gasteiger partial charge in [0.15, 0.2) is 0 Å². The summed E-state index contributed by atoms with van der Waals surface area (Å²) in [7, 11) is -4.16. The van der Waals surface area contributed by atoms with Gasteiger partial charge >= 0.3 is 0 Å². The van der Waals surface area contributed by atoms with Crippen LogP contribution >= 0.6 is 15.9 Å². The number of benzene rings is 4. The minimum absolute atomic E-state index is 0.0698. The van der Waals surface area contributed by atoms with Gasteiger partial charge in [0.25, 0.3) is 10.0 Å². The van der Waals surface area contributed by atoms with Crippen molar-refractivity contribution in [3.8, 4) is 0 Å². The van der Waals surface area contributed by atoms with E-state index in [0.717, 1.165) is 31.0 Å². The number of aryl methyl sites for hydroxylation is 2. The molecule has 0 aliphatic heterocycles. The molecule has 0 unspecified atom stereocenters. The van der Waals surface area contributed by atoms with E-state index in [2.05, 4.69) is 21.2 Å². The number of hydrogen-bond donors (Lipinski definition) is 1. The maximum atomic E-state index is 14.5. The van der Waals surface area contributed by atoms with Gasteiger partial charge in [-0.3, -0.25) is 13.9 Å². The number of rotatable bonds is 11. The Balaban J connectivity index is 1.81.